The first kappa shape index (κ1) is 11.7. The molecule has 2 heterocycles. The van der Waals surface area contributed by atoms with E-state index in [1.54, 1.807) is 6.20 Å². The van der Waals surface area contributed by atoms with Crippen molar-refractivity contribution < 1.29 is 0 Å². The molecule has 2 N–H and O–H groups in total. The molecule has 0 bridgehead atoms. The van der Waals surface area contributed by atoms with E-state index in [0.717, 1.165) is 25.7 Å². The zero-order chi connectivity index (χ0) is 12.5. The van der Waals surface area contributed by atoms with Crippen molar-refractivity contribution in [3.05, 3.63) is 63.4 Å². The highest BCUT2D eigenvalue weighted by molar-refractivity contribution is 7.16. The van der Waals surface area contributed by atoms with Gasteiger partial charge in [-0.15, -0.1) is 11.3 Å². The molecule has 2 nitrogen and oxygen atoms in total. The van der Waals surface area contributed by atoms with Crippen molar-refractivity contribution in [2.24, 2.45) is 5.73 Å². The molecule has 3 rings (SSSR count). The van der Waals surface area contributed by atoms with Gasteiger partial charge in [0, 0.05) is 16.5 Å². The lowest BCUT2D eigenvalue weighted by Crippen LogP contribution is -2.09. The fraction of sp³-hybridized carbons (Fsp3) is 0.0714. The molecule has 3 aromatic rings. The van der Waals surface area contributed by atoms with Gasteiger partial charge < -0.3 is 5.73 Å². The van der Waals surface area contributed by atoms with Gasteiger partial charge in [-0.3, -0.25) is 4.98 Å². The molecule has 0 saturated heterocycles. The third kappa shape index (κ3) is 2.12. The van der Waals surface area contributed by atoms with Gasteiger partial charge in [0.25, 0.3) is 0 Å². The van der Waals surface area contributed by atoms with Gasteiger partial charge in [0.2, 0.25) is 0 Å². The zero-order valence-corrected chi connectivity index (χ0v) is 11.1. The molecule has 0 aliphatic heterocycles. The highest BCUT2D eigenvalue weighted by Gasteiger charge is 2.11. The molecule has 0 aliphatic rings. The average molecular weight is 275 g/mol. The maximum Gasteiger partial charge on any atom is 0.0931 e. The Morgan fingerprint density at radius 1 is 1.17 bits per heavy atom. The number of benzene rings is 1. The number of hydrogen-bond acceptors (Lipinski definition) is 3. The first-order chi connectivity index (χ1) is 8.74. The van der Waals surface area contributed by atoms with Gasteiger partial charge in [0.1, 0.15) is 0 Å². The summed E-state index contributed by atoms with van der Waals surface area (Å²) in [5.41, 5.74) is 8.27. The number of rotatable bonds is 2. The Morgan fingerprint density at radius 2 is 2.06 bits per heavy atom. The SMILES string of the molecule is NC(c1ccc2cccnc2c1)c1ccc(Cl)s1. The molecular weight excluding hydrogens is 264 g/mol. The molecule has 18 heavy (non-hydrogen) atoms. The Labute approximate surface area is 114 Å². The summed E-state index contributed by atoms with van der Waals surface area (Å²) in [6.45, 7) is 0. The van der Waals surface area contributed by atoms with Crippen molar-refractivity contribution in [1.82, 2.24) is 4.98 Å². The molecule has 0 spiro atoms. The van der Waals surface area contributed by atoms with Gasteiger partial charge in [-0.1, -0.05) is 29.8 Å². The van der Waals surface area contributed by atoms with Crippen LogP contribution in [0, 0.1) is 0 Å². The van der Waals surface area contributed by atoms with Crippen LogP contribution >= 0.6 is 22.9 Å². The van der Waals surface area contributed by atoms with Gasteiger partial charge in [0.15, 0.2) is 0 Å². The van der Waals surface area contributed by atoms with Crippen LogP contribution in [-0.2, 0) is 0 Å². The smallest absolute Gasteiger partial charge is 0.0931 e. The third-order valence-electron chi connectivity index (χ3n) is 2.89. The molecule has 0 fully saturated rings. The summed E-state index contributed by atoms with van der Waals surface area (Å²) in [6.07, 6.45) is 1.79. The lowest BCUT2D eigenvalue weighted by atomic mass is 10.0. The first-order valence-electron chi connectivity index (χ1n) is 5.59. The molecule has 1 unspecified atom stereocenters. The summed E-state index contributed by atoms with van der Waals surface area (Å²) in [5.74, 6) is 0. The normalized spacial score (nSPS) is 12.8. The van der Waals surface area contributed by atoms with Gasteiger partial charge in [0.05, 0.1) is 15.9 Å². The van der Waals surface area contributed by atoms with Crippen LogP contribution in [-0.4, -0.2) is 4.98 Å². The van der Waals surface area contributed by atoms with Gasteiger partial charge in [-0.25, -0.2) is 0 Å². The minimum Gasteiger partial charge on any atom is -0.320 e. The van der Waals surface area contributed by atoms with Crippen LogP contribution in [0.15, 0.2) is 48.7 Å². The van der Waals surface area contributed by atoms with E-state index >= 15 is 0 Å². The summed E-state index contributed by atoms with van der Waals surface area (Å²) in [7, 11) is 0. The lowest BCUT2D eigenvalue weighted by molar-refractivity contribution is 0.895. The van der Waals surface area contributed by atoms with E-state index in [2.05, 4.69) is 4.98 Å². The standard InChI is InChI=1S/C14H11ClN2S/c15-13-6-5-12(18-13)14(16)10-4-3-9-2-1-7-17-11(9)8-10/h1-8,14H,16H2. The van der Waals surface area contributed by atoms with Crippen molar-refractivity contribution >= 4 is 33.8 Å². The van der Waals surface area contributed by atoms with Crippen LogP contribution < -0.4 is 5.73 Å². The Bertz CT molecular complexity index is 693. The summed E-state index contributed by atoms with van der Waals surface area (Å²) >= 11 is 7.45. The maximum atomic E-state index is 6.24. The van der Waals surface area contributed by atoms with E-state index in [-0.39, 0.29) is 6.04 Å². The summed E-state index contributed by atoms with van der Waals surface area (Å²) < 4.78 is 0.763. The number of aromatic nitrogens is 1. The average Bonchev–Trinajstić information content (AvgIpc) is 2.84. The number of nitrogens with two attached hydrogens (primary N) is 1. The minimum absolute atomic E-state index is 0.145. The maximum absolute atomic E-state index is 6.24. The number of thiophene rings is 1. The molecule has 90 valence electrons. The molecule has 0 aliphatic carbocycles. The molecule has 2 aromatic heterocycles. The van der Waals surface area contributed by atoms with E-state index in [0.29, 0.717) is 0 Å². The topological polar surface area (TPSA) is 38.9 Å². The van der Waals surface area contributed by atoms with Crippen LogP contribution in [0.2, 0.25) is 4.34 Å². The number of pyridine rings is 1. The van der Waals surface area contributed by atoms with E-state index in [1.807, 2.05) is 42.5 Å². The van der Waals surface area contributed by atoms with Crippen molar-refractivity contribution in [3.63, 3.8) is 0 Å². The highest BCUT2D eigenvalue weighted by atomic mass is 35.5. The number of fused-ring (bicyclic) bond motifs is 1. The molecular formula is C14H11ClN2S. The van der Waals surface area contributed by atoms with Crippen LogP contribution in [0.25, 0.3) is 10.9 Å². The fourth-order valence-corrected chi connectivity index (χ4v) is 3.03. The van der Waals surface area contributed by atoms with Gasteiger partial charge in [-0.2, -0.15) is 0 Å². The molecule has 1 atom stereocenters. The van der Waals surface area contributed by atoms with Crippen LogP contribution in [0.4, 0.5) is 0 Å². The Hall–Kier alpha value is -1.42. The van der Waals surface area contributed by atoms with E-state index in [1.165, 1.54) is 11.3 Å². The number of nitrogens with zero attached hydrogens (tertiary/aromatic N) is 1. The molecule has 0 radical (unpaired) electrons. The Kier molecular flexibility index (Phi) is 3.04. The third-order valence-corrected chi connectivity index (χ3v) is 4.20. The monoisotopic (exact) mass is 274 g/mol. The Balaban J connectivity index is 2.03. The summed E-state index contributed by atoms with van der Waals surface area (Å²) in [5, 5.41) is 1.12. The van der Waals surface area contributed by atoms with Crippen LogP contribution in [0.5, 0.6) is 0 Å². The molecule has 1 aromatic carbocycles. The van der Waals surface area contributed by atoms with Gasteiger partial charge >= 0.3 is 0 Å². The highest BCUT2D eigenvalue weighted by Crippen LogP contribution is 2.30. The van der Waals surface area contributed by atoms with Crippen molar-refractivity contribution in [2.45, 2.75) is 6.04 Å². The number of halogens is 1. The number of hydrogen-bond donors (Lipinski definition) is 1. The van der Waals surface area contributed by atoms with Crippen LogP contribution in [0.3, 0.4) is 0 Å². The van der Waals surface area contributed by atoms with Gasteiger partial charge in [-0.05, 0) is 29.8 Å². The second kappa shape index (κ2) is 4.69. The van der Waals surface area contributed by atoms with E-state index in [4.69, 9.17) is 17.3 Å². The second-order valence-corrected chi connectivity index (χ2v) is 5.82. The largest absolute Gasteiger partial charge is 0.320 e. The second-order valence-electron chi connectivity index (χ2n) is 4.08. The predicted octanol–water partition coefficient (Wildman–Crippen LogP) is 4.00. The van der Waals surface area contributed by atoms with Crippen LogP contribution in [0.1, 0.15) is 16.5 Å². The first-order valence-corrected chi connectivity index (χ1v) is 6.79. The lowest BCUT2D eigenvalue weighted by Gasteiger charge is -2.10. The molecule has 4 heteroatoms. The molecule has 0 saturated carbocycles. The van der Waals surface area contributed by atoms with E-state index in [9.17, 15) is 0 Å². The van der Waals surface area contributed by atoms with E-state index < -0.39 is 0 Å². The quantitative estimate of drug-likeness (QED) is 0.767. The summed E-state index contributed by atoms with van der Waals surface area (Å²) in [4.78, 5) is 5.41. The van der Waals surface area contributed by atoms with Crippen molar-refractivity contribution in [3.8, 4) is 0 Å². The van der Waals surface area contributed by atoms with Crippen molar-refractivity contribution in [1.29, 1.82) is 0 Å². The molecule has 0 amide bonds. The van der Waals surface area contributed by atoms with Crippen molar-refractivity contribution in [2.75, 3.05) is 0 Å². The summed E-state index contributed by atoms with van der Waals surface area (Å²) in [6, 6.07) is 13.8. The Morgan fingerprint density at radius 3 is 2.83 bits per heavy atom. The zero-order valence-electron chi connectivity index (χ0n) is 9.51. The fourth-order valence-electron chi connectivity index (χ4n) is 1.94. The predicted molar refractivity (Wildman–Crippen MR) is 77.1 cm³/mol. The minimum atomic E-state index is -0.145.